The highest BCUT2D eigenvalue weighted by atomic mass is 16.5. The van der Waals surface area contributed by atoms with Gasteiger partial charge in [-0.25, -0.2) is 0 Å². The third-order valence-corrected chi connectivity index (χ3v) is 4.51. The first-order valence-corrected chi connectivity index (χ1v) is 9.34. The summed E-state index contributed by atoms with van der Waals surface area (Å²) in [6, 6.07) is 11.7. The summed E-state index contributed by atoms with van der Waals surface area (Å²) < 4.78 is 22.8. The van der Waals surface area contributed by atoms with Crippen LogP contribution in [0.4, 0.5) is 0 Å². The Labute approximate surface area is 163 Å². The average molecular weight is 378 g/mol. The van der Waals surface area contributed by atoms with Gasteiger partial charge in [-0.2, -0.15) is 4.98 Å². The maximum atomic E-state index is 5.97. The fraction of sp³-hybridized carbons (Fsp3) is 0.273. The van der Waals surface area contributed by atoms with Gasteiger partial charge in [-0.3, -0.25) is 0 Å². The van der Waals surface area contributed by atoms with Gasteiger partial charge in [0, 0.05) is 16.5 Å². The zero-order valence-corrected chi connectivity index (χ0v) is 16.4. The molecule has 0 aliphatic carbocycles. The van der Waals surface area contributed by atoms with E-state index >= 15 is 0 Å². The molecule has 0 amide bonds. The molecule has 4 rings (SSSR count). The van der Waals surface area contributed by atoms with Gasteiger partial charge < -0.3 is 18.4 Å². The molecule has 2 aromatic heterocycles. The van der Waals surface area contributed by atoms with Gasteiger partial charge in [-0.1, -0.05) is 16.8 Å². The maximum Gasteiger partial charge on any atom is 0.258 e. The Bertz CT molecular complexity index is 1130. The Morgan fingerprint density at radius 2 is 1.71 bits per heavy atom. The second-order valence-corrected chi connectivity index (χ2v) is 6.51. The third kappa shape index (κ3) is 3.22. The summed E-state index contributed by atoms with van der Waals surface area (Å²) in [5.74, 6) is 2.78. The Morgan fingerprint density at radius 1 is 0.929 bits per heavy atom. The van der Waals surface area contributed by atoms with Crippen LogP contribution in [0.5, 0.6) is 11.5 Å². The average Bonchev–Trinajstić information content (AvgIpc) is 3.29. The number of hydrogen-bond donors (Lipinski definition) is 0. The minimum atomic E-state index is 0.398. The fourth-order valence-electron chi connectivity index (χ4n) is 3.17. The Hall–Kier alpha value is -3.28. The van der Waals surface area contributed by atoms with E-state index in [4.69, 9.17) is 18.4 Å². The zero-order valence-electron chi connectivity index (χ0n) is 16.4. The van der Waals surface area contributed by atoms with Crippen molar-refractivity contribution in [2.45, 2.75) is 27.7 Å². The van der Waals surface area contributed by atoms with Crippen molar-refractivity contribution in [3.05, 3.63) is 47.5 Å². The van der Waals surface area contributed by atoms with Gasteiger partial charge in [0.05, 0.1) is 13.2 Å². The molecule has 0 atom stereocenters. The zero-order chi connectivity index (χ0) is 19.7. The second kappa shape index (κ2) is 7.38. The van der Waals surface area contributed by atoms with Crippen molar-refractivity contribution < 1.29 is 18.4 Å². The van der Waals surface area contributed by atoms with E-state index in [9.17, 15) is 0 Å². The van der Waals surface area contributed by atoms with Crippen molar-refractivity contribution in [2.24, 2.45) is 0 Å². The van der Waals surface area contributed by atoms with Crippen LogP contribution >= 0.6 is 0 Å². The van der Waals surface area contributed by atoms with E-state index in [0.29, 0.717) is 42.2 Å². The number of aryl methyl sites for hydroxylation is 2. The Balaban J connectivity index is 1.72. The Kier molecular flexibility index (Phi) is 4.77. The number of nitrogens with zero attached hydrogens (tertiary/aromatic N) is 2. The van der Waals surface area contributed by atoms with E-state index in [1.807, 2.05) is 51.1 Å². The summed E-state index contributed by atoms with van der Waals surface area (Å²) in [6.45, 7) is 9.02. The van der Waals surface area contributed by atoms with Gasteiger partial charge in [0.15, 0.2) is 17.3 Å². The van der Waals surface area contributed by atoms with Crippen molar-refractivity contribution in [3.8, 4) is 34.5 Å². The van der Waals surface area contributed by atoms with E-state index in [2.05, 4.69) is 23.1 Å². The first-order valence-electron chi connectivity index (χ1n) is 9.34. The maximum absolute atomic E-state index is 5.97. The molecule has 0 unspecified atom stereocenters. The molecule has 0 saturated heterocycles. The molecule has 0 aliphatic rings. The minimum absolute atomic E-state index is 0.398. The quantitative estimate of drug-likeness (QED) is 0.437. The molecule has 0 radical (unpaired) electrons. The highest BCUT2D eigenvalue weighted by Crippen LogP contribution is 2.35. The summed E-state index contributed by atoms with van der Waals surface area (Å²) in [4.78, 5) is 4.54. The van der Waals surface area contributed by atoms with Crippen LogP contribution < -0.4 is 9.47 Å². The van der Waals surface area contributed by atoms with Gasteiger partial charge in [-0.05, 0) is 58.0 Å². The molecule has 2 aromatic carbocycles. The first-order chi connectivity index (χ1) is 13.6. The fourth-order valence-corrected chi connectivity index (χ4v) is 3.17. The number of fused-ring (bicyclic) bond motifs is 1. The van der Waals surface area contributed by atoms with Gasteiger partial charge in [0.25, 0.3) is 5.89 Å². The molecule has 144 valence electrons. The first kappa shape index (κ1) is 18.1. The molecule has 0 spiro atoms. The molecule has 0 N–H and O–H groups in total. The number of rotatable bonds is 6. The lowest BCUT2D eigenvalue weighted by molar-refractivity contribution is 0.288. The van der Waals surface area contributed by atoms with Crippen LogP contribution in [-0.4, -0.2) is 23.4 Å². The smallest absolute Gasteiger partial charge is 0.258 e. The van der Waals surface area contributed by atoms with Gasteiger partial charge in [0.1, 0.15) is 5.58 Å². The normalized spacial score (nSPS) is 11.1. The SMILES string of the molecule is CCOc1ccc(-c2nc(-c3oc4ccc(C)cc4c3C)no2)cc1OCC. The molecule has 0 aliphatic heterocycles. The van der Waals surface area contributed by atoms with Gasteiger partial charge in [0.2, 0.25) is 5.82 Å². The highest BCUT2D eigenvalue weighted by molar-refractivity contribution is 5.87. The molecule has 6 heteroatoms. The molecule has 6 nitrogen and oxygen atoms in total. The molecule has 2 heterocycles. The summed E-state index contributed by atoms with van der Waals surface area (Å²) in [5, 5.41) is 5.18. The van der Waals surface area contributed by atoms with Crippen LogP contribution in [0.3, 0.4) is 0 Å². The lowest BCUT2D eigenvalue weighted by Gasteiger charge is -2.11. The van der Waals surface area contributed by atoms with Crippen LogP contribution in [0, 0.1) is 13.8 Å². The van der Waals surface area contributed by atoms with Crippen LogP contribution in [0.1, 0.15) is 25.0 Å². The van der Waals surface area contributed by atoms with Crippen LogP contribution in [0.2, 0.25) is 0 Å². The monoisotopic (exact) mass is 378 g/mol. The van der Waals surface area contributed by atoms with Crippen molar-refractivity contribution in [1.29, 1.82) is 0 Å². The number of furan rings is 1. The summed E-state index contributed by atoms with van der Waals surface area (Å²) >= 11 is 0. The molecular formula is C22H22N2O4. The summed E-state index contributed by atoms with van der Waals surface area (Å²) in [6.07, 6.45) is 0. The molecule has 4 aromatic rings. The van der Waals surface area contributed by atoms with Crippen molar-refractivity contribution in [1.82, 2.24) is 10.1 Å². The standard InChI is InChI=1S/C22H22N2O4/c1-5-25-18-10-8-15(12-19(18)26-6-2)22-23-21(24-28-22)20-14(4)16-11-13(3)7-9-17(16)27-20/h7-12H,5-6H2,1-4H3. The van der Waals surface area contributed by atoms with E-state index in [0.717, 1.165) is 22.1 Å². The second-order valence-electron chi connectivity index (χ2n) is 6.51. The molecule has 0 fully saturated rings. The lowest BCUT2D eigenvalue weighted by atomic mass is 10.1. The largest absolute Gasteiger partial charge is 0.490 e. The lowest BCUT2D eigenvalue weighted by Crippen LogP contribution is -1.98. The predicted octanol–water partition coefficient (Wildman–Crippen LogP) is 5.56. The predicted molar refractivity (Wildman–Crippen MR) is 107 cm³/mol. The van der Waals surface area contributed by atoms with E-state index in [-0.39, 0.29) is 0 Å². The number of ether oxygens (including phenoxy) is 2. The number of aromatic nitrogens is 2. The van der Waals surface area contributed by atoms with Crippen LogP contribution in [0.25, 0.3) is 34.0 Å². The van der Waals surface area contributed by atoms with E-state index in [1.54, 1.807) is 0 Å². The molecule has 0 bridgehead atoms. The number of benzene rings is 2. The summed E-state index contributed by atoms with van der Waals surface area (Å²) in [7, 11) is 0. The summed E-state index contributed by atoms with van der Waals surface area (Å²) in [5.41, 5.74) is 3.74. The van der Waals surface area contributed by atoms with E-state index < -0.39 is 0 Å². The highest BCUT2D eigenvalue weighted by Gasteiger charge is 2.19. The molecule has 28 heavy (non-hydrogen) atoms. The van der Waals surface area contributed by atoms with Crippen LogP contribution in [-0.2, 0) is 0 Å². The Morgan fingerprint density at radius 3 is 2.50 bits per heavy atom. The van der Waals surface area contributed by atoms with Crippen molar-refractivity contribution in [2.75, 3.05) is 13.2 Å². The van der Waals surface area contributed by atoms with Gasteiger partial charge in [-0.15, -0.1) is 0 Å². The van der Waals surface area contributed by atoms with E-state index in [1.165, 1.54) is 5.56 Å². The minimum Gasteiger partial charge on any atom is -0.490 e. The molecule has 0 saturated carbocycles. The van der Waals surface area contributed by atoms with Crippen LogP contribution in [0.15, 0.2) is 45.3 Å². The number of hydrogen-bond acceptors (Lipinski definition) is 6. The van der Waals surface area contributed by atoms with Gasteiger partial charge >= 0.3 is 0 Å². The van der Waals surface area contributed by atoms with Crippen molar-refractivity contribution >= 4 is 11.0 Å². The topological polar surface area (TPSA) is 70.5 Å². The third-order valence-electron chi connectivity index (χ3n) is 4.51. The van der Waals surface area contributed by atoms with Crippen molar-refractivity contribution in [3.63, 3.8) is 0 Å². The molecular weight excluding hydrogens is 356 g/mol.